The monoisotopic (exact) mass is 314 g/mol. The van der Waals surface area contributed by atoms with Crippen LogP contribution in [0.5, 0.6) is 0 Å². The number of rotatable bonds is 5. The van der Waals surface area contributed by atoms with Gasteiger partial charge in [0.05, 0.1) is 0 Å². The van der Waals surface area contributed by atoms with Crippen LogP contribution in [0.3, 0.4) is 0 Å². The minimum Gasteiger partial charge on any atom is -0.382 e. The smallest absolute Gasteiger partial charge is 0.267 e. The molecule has 0 radical (unpaired) electrons. The molecule has 2 rings (SSSR count). The molecule has 0 atom stereocenters. The van der Waals surface area contributed by atoms with Crippen LogP contribution in [0, 0.1) is 0 Å². The van der Waals surface area contributed by atoms with E-state index in [4.69, 9.17) is 5.73 Å². The average molecular weight is 314 g/mol. The van der Waals surface area contributed by atoms with Crippen molar-refractivity contribution < 1.29 is 4.79 Å². The van der Waals surface area contributed by atoms with Gasteiger partial charge in [-0.05, 0) is 25.5 Å². The van der Waals surface area contributed by atoms with Crippen LogP contribution in [0.15, 0.2) is 0 Å². The van der Waals surface area contributed by atoms with Crippen LogP contribution < -0.4 is 10.6 Å². The molecule has 1 fully saturated rings. The van der Waals surface area contributed by atoms with Crippen molar-refractivity contribution in [3.63, 3.8) is 0 Å². The highest BCUT2D eigenvalue weighted by Crippen LogP contribution is 2.30. The number of nitrogen functional groups attached to an aromatic ring is 1. The van der Waals surface area contributed by atoms with Gasteiger partial charge in [-0.1, -0.05) is 11.3 Å². The number of thiazole rings is 1. The number of carbonyl (C=O) groups is 1. The van der Waals surface area contributed by atoms with E-state index >= 15 is 0 Å². The summed E-state index contributed by atoms with van der Waals surface area (Å²) in [6.45, 7) is 2.77. The summed E-state index contributed by atoms with van der Waals surface area (Å²) in [6, 6.07) is 0. The Balaban J connectivity index is 2.08. The Morgan fingerprint density at radius 2 is 2.15 bits per heavy atom. The minimum absolute atomic E-state index is 0.0164. The molecule has 1 aliphatic heterocycles. The van der Waals surface area contributed by atoms with E-state index in [0.717, 1.165) is 30.5 Å². The van der Waals surface area contributed by atoms with Crippen molar-refractivity contribution in [3.8, 4) is 0 Å². The molecule has 0 bridgehead atoms. The Hall–Kier alpha value is -0.950. The number of hydrogen-bond donors (Lipinski definition) is 1. The number of nitrogens with zero attached hydrogens (tertiary/aromatic N) is 3. The number of carbonyl (C=O) groups excluding carboxylic acids is 1. The largest absolute Gasteiger partial charge is 0.382 e. The van der Waals surface area contributed by atoms with Crippen LogP contribution >= 0.6 is 23.1 Å². The second-order valence-corrected chi connectivity index (χ2v) is 6.94. The van der Waals surface area contributed by atoms with Crippen molar-refractivity contribution in [2.24, 2.45) is 0 Å². The zero-order valence-electron chi connectivity index (χ0n) is 12.1. The quantitative estimate of drug-likeness (QED) is 0.902. The van der Waals surface area contributed by atoms with E-state index in [1.165, 1.54) is 30.6 Å². The van der Waals surface area contributed by atoms with Gasteiger partial charge in [0.1, 0.15) is 10.7 Å². The third kappa shape index (κ3) is 3.58. The number of hydrogen-bond acceptors (Lipinski definition) is 6. The SMILES string of the molecule is CSCCN(C)C(=O)c1sc(N2CCCCC2)nc1N. The number of aromatic nitrogens is 1. The van der Waals surface area contributed by atoms with Gasteiger partial charge in [0.2, 0.25) is 0 Å². The predicted molar refractivity (Wildman–Crippen MR) is 87.9 cm³/mol. The van der Waals surface area contributed by atoms with Crippen molar-refractivity contribution in [2.45, 2.75) is 19.3 Å². The summed E-state index contributed by atoms with van der Waals surface area (Å²) in [5.41, 5.74) is 5.94. The normalized spacial score (nSPS) is 15.4. The lowest BCUT2D eigenvalue weighted by Crippen LogP contribution is -2.29. The molecule has 2 heterocycles. The van der Waals surface area contributed by atoms with Gasteiger partial charge in [0, 0.05) is 32.4 Å². The second-order valence-electron chi connectivity index (χ2n) is 4.98. The summed E-state index contributed by atoms with van der Waals surface area (Å²) in [5, 5.41) is 0.892. The van der Waals surface area contributed by atoms with Gasteiger partial charge in [0.25, 0.3) is 5.91 Å². The lowest BCUT2D eigenvalue weighted by atomic mass is 10.1. The third-order valence-corrected chi connectivity index (χ3v) is 5.15. The first-order valence-corrected chi connectivity index (χ1v) is 9.10. The fourth-order valence-corrected chi connectivity index (χ4v) is 3.69. The first kappa shape index (κ1) is 15.4. The molecule has 2 N–H and O–H groups in total. The molecule has 1 aliphatic rings. The number of piperidine rings is 1. The molecule has 5 nitrogen and oxygen atoms in total. The zero-order chi connectivity index (χ0) is 14.5. The highest BCUT2D eigenvalue weighted by Gasteiger charge is 2.22. The maximum atomic E-state index is 12.4. The molecule has 0 spiro atoms. The molecular weight excluding hydrogens is 292 g/mol. The molecule has 0 saturated carbocycles. The van der Waals surface area contributed by atoms with Gasteiger partial charge < -0.3 is 15.5 Å². The van der Waals surface area contributed by atoms with Gasteiger partial charge in [-0.2, -0.15) is 11.8 Å². The minimum atomic E-state index is -0.0164. The highest BCUT2D eigenvalue weighted by molar-refractivity contribution is 7.98. The molecule has 1 aromatic heterocycles. The fraction of sp³-hybridized carbons (Fsp3) is 0.692. The number of thioether (sulfide) groups is 1. The van der Waals surface area contributed by atoms with Crippen LogP contribution in [0.1, 0.15) is 28.9 Å². The lowest BCUT2D eigenvalue weighted by Gasteiger charge is -2.25. The van der Waals surface area contributed by atoms with Crippen molar-refractivity contribution in [1.82, 2.24) is 9.88 Å². The van der Waals surface area contributed by atoms with Crippen LogP contribution in [0.25, 0.3) is 0 Å². The van der Waals surface area contributed by atoms with Gasteiger partial charge in [-0.15, -0.1) is 0 Å². The van der Waals surface area contributed by atoms with Crippen LogP contribution in [-0.4, -0.2) is 54.5 Å². The zero-order valence-corrected chi connectivity index (χ0v) is 13.7. The first-order chi connectivity index (χ1) is 9.63. The predicted octanol–water partition coefficient (Wildman–Crippen LogP) is 2.15. The molecule has 0 aromatic carbocycles. The van der Waals surface area contributed by atoms with E-state index in [1.807, 2.05) is 13.3 Å². The molecule has 112 valence electrons. The summed E-state index contributed by atoms with van der Waals surface area (Å²) < 4.78 is 0. The van der Waals surface area contributed by atoms with E-state index in [0.29, 0.717) is 10.7 Å². The van der Waals surface area contributed by atoms with Gasteiger partial charge in [-0.3, -0.25) is 4.79 Å². The molecule has 1 amide bonds. The average Bonchev–Trinajstić information content (AvgIpc) is 2.87. The third-order valence-electron chi connectivity index (χ3n) is 3.44. The van der Waals surface area contributed by atoms with Crippen LogP contribution in [0.4, 0.5) is 10.9 Å². The van der Waals surface area contributed by atoms with E-state index in [1.54, 1.807) is 16.7 Å². The highest BCUT2D eigenvalue weighted by atomic mass is 32.2. The molecule has 7 heteroatoms. The fourth-order valence-electron chi connectivity index (χ4n) is 2.20. The summed E-state index contributed by atoms with van der Waals surface area (Å²) >= 11 is 3.16. The summed E-state index contributed by atoms with van der Waals surface area (Å²) in [6.07, 6.45) is 5.70. The van der Waals surface area contributed by atoms with Gasteiger partial charge in [0.15, 0.2) is 5.13 Å². The molecule has 20 heavy (non-hydrogen) atoms. The maximum absolute atomic E-state index is 12.4. The van der Waals surface area contributed by atoms with Crippen molar-refractivity contribution in [3.05, 3.63) is 4.88 Å². The Morgan fingerprint density at radius 1 is 1.45 bits per heavy atom. The Bertz CT molecular complexity index is 457. The Labute approximate surface area is 128 Å². The van der Waals surface area contributed by atoms with Crippen LogP contribution in [0.2, 0.25) is 0 Å². The standard InChI is InChI=1S/C13H22N4OS2/c1-16(8-9-19-2)12(18)10-11(14)15-13(20-10)17-6-4-3-5-7-17/h3-9,14H2,1-2H3. The number of anilines is 2. The number of amides is 1. The Morgan fingerprint density at radius 3 is 2.80 bits per heavy atom. The summed E-state index contributed by atoms with van der Waals surface area (Å²) in [4.78, 5) is 21.3. The van der Waals surface area contributed by atoms with Gasteiger partial charge >= 0.3 is 0 Å². The topological polar surface area (TPSA) is 62.5 Å². The molecule has 0 unspecified atom stereocenters. The van der Waals surface area contributed by atoms with E-state index < -0.39 is 0 Å². The van der Waals surface area contributed by atoms with E-state index in [9.17, 15) is 4.79 Å². The summed E-state index contributed by atoms with van der Waals surface area (Å²) in [7, 11) is 1.82. The van der Waals surface area contributed by atoms with Crippen molar-refractivity contribution in [2.75, 3.05) is 49.3 Å². The van der Waals surface area contributed by atoms with E-state index in [-0.39, 0.29) is 5.91 Å². The van der Waals surface area contributed by atoms with Crippen molar-refractivity contribution >= 4 is 40.0 Å². The molecule has 1 saturated heterocycles. The maximum Gasteiger partial charge on any atom is 0.267 e. The lowest BCUT2D eigenvalue weighted by molar-refractivity contribution is 0.0809. The molecular formula is C13H22N4OS2. The second kappa shape index (κ2) is 7.17. The molecule has 0 aliphatic carbocycles. The van der Waals surface area contributed by atoms with Gasteiger partial charge in [-0.25, -0.2) is 4.98 Å². The molecule has 1 aromatic rings. The number of nitrogens with two attached hydrogens (primary N) is 1. The first-order valence-electron chi connectivity index (χ1n) is 6.89. The van der Waals surface area contributed by atoms with E-state index in [2.05, 4.69) is 9.88 Å². The van der Waals surface area contributed by atoms with Crippen molar-refractivity contribution in [1.29, 1.82) is 0 Å². The summed E-state index contributed by atoms with van der Waals surface area (Å²) in [5.74, 6) is 1.29. The van der Waals surface area contributed by atoms with Crippen LogP contribution in [-0.2, 0) is 0 Å². The Kier molecular flexibility index (Phi) is 5.54.